The summed E-state index contributed by atoms with van der Waals surface area (Å²) in [6, 6.07) is 6.88. The van der Waals surface area contributed by atoms with Crippen LogP contribution in [0.1, 0.15) is 38.6 Å². The SMILES string of the molecule is CC1CCC(n2c(=S)[nH]c3ccc(Br)cc32)CC1. The van der Waals surface area contributed by atoms with Crippen molar-refractivity contribution in [3.8, 4) is 0 Å². The molecule has 1 N–H and O–H groups in total. The smallest absolute Gasteiger partial charge is 0.178 e. The van der Waals surface area contributed by atoms with Crippen LogP contribution in [0, 0.1) is 10.7 Å². The Morgan fingerprint density at radius 3 is 2.72 bits per heavy atom. The van der Waals surface area contributed by atoms with Crippen molar-refractivity contribution in [3.05, 3.63) is 27.4 Å². The van der Waals surface area contributed by atoms with E-state index in [0.717, 1.165) is 20.7 Å². The monoisotopic (exact) mass is 324 g/mol. The van der Waals surface area contributed by atoms with Gasteiger partial charge in [-0.3, -0.25) is 0 Å². The average Bonchev–Trinajstić information content (AvgIpc) is 2.66. The third kappa shape index (κ3) is 2.16. The minimum Gasteiger partial charge on any atom is -0.331 e. The van der Waals surface area contributed by atoms with Gasteiger partial charge in [-0.25, -0.2) is 0 Å². The lowest BCUT2D eigenvalue weighted by Gasteiger charge is -2.27. The third-order valence-corrected chi connectivity index (χ3v) is 4.82. The number of nitrogens with zero attached hydrogens (tertiary/aromatic N) is 1. The van der Waals surface area contributed by atoms with Crippen molar-refractivity contribution in [1.82, 2.24) is 9.55 Å². The van der Waals surface area contributed by atoms with Gasteiger partial charge in [0.05, 0.1) is 11.0 Å². The number of aromatic amines is 1. The molecule has 4 heteroatoms. The van der Waals surface area contributed by atoms with E-state index < -0.39 is 0 Å². The van der Waals surface area contributed by atoms with Gasteiger partial charge in [0.15, 0.2) is 4.77 Å². The second-order valence-electron chi connectivity index (χ2n) is 5.38. The van der Waals surface area contributed by atoms with Crippen LogP contribution in [0.2, 0.25) is 0 Å². The minimum atomic E-state index is 0.566. The Hall–Kier alpha value is -0.610. The molecule has 0 unspecified atom stereocenters. The second-order valence-corrected chi connectivity index (χ2v) is 6.68. The first-order valence-corrected chi connectivity index (χ1v) is 7.75. The van der Waals surface area contributed by atoms with E-state index in [0.29, 0.717) is 6.04 Å². The number of aromatic nitrogens is 2. The van der Waals surface area contributed by atoms with E-state index in [1.54, 1.807) is 0 Å². The van der Waals surface area contributed by atoms with Crippen LogP contribution in [0.3, 0.4) is 0 Å². The van der Waals surface area contributed by atoms with Gasteiger partial charge in [-0.2, -0.15) is 0 Å². The highest BCUT2D eigenvalue weighted by Gasteiger charge is 2.21. The molecule has 1 aliphatic rings. The quantitative estimate of drug-likeness (QED) is 0.714. The maximum absolute atomic E-state index is 5.50. The average molecular weight is 325 g/mol. The van der Waals surface area contributed by atoms with E-state index in [1.165, 1.54) is 31.2 Å². The number of rotatable bonds is 1. The van der Waals surface area contributed by atoms with Gasteiger partial charge in [0, 0.05) is 10.5 Å². The van der Waals surface area contributed by atoms with Gasteiger partial charge in [0.25, 0.3) is 0 Å². The molecule has 2 aromatic rings. The molecule has 1 aliphatic carbocycles. The topological polar surface area (TPSA) is 20.7 Å². The number of fused-ring (bicyclic) bond motifs is 1. The Morgan fingerprint density at radius 1 is 1.28 bits per heavy atom. The van der Waals surface area contributed by atoms with Gasteiger partial charge >= 0.3 is 0 Å². The molecule has 0 atom stereocenters. The normalized spacial score (nSPS) is 24.6. The van der Waals surface area contributed by atoms with Gasteiger partial charge in [0.2, 0.25) is 0 Å². The molecule has 18 heavy (non-hydrogen) atoms. The summed E-state index contributed by atoms with van der Waals surface area (Å²) in [7, 11) is 0. The molecule has 1 fully saturated rings. The number of imidazole rings is 1. The van der Waals surface area contributed by atoms with Crippen LogP contribution in [0.4, 0.5) is 0 Å². The molecule has 0 aliphatic heterocycles. The second kappa shape index (κ2) is 4.82. The fraction of sp³-hybridized carbons (Fsp3) is 0.500. The number of benzene rings is 1. The highest BCUT2D eigenvalue weighted by Crippen LogP contribution is 2.34. The Balaban J connectivity index is 2.08. The molecule has 3 rings (SSSR count). The summed E-state index contributed by atoms with van der Waals surface area (Å²) in [4.78, 5) is 3.32. The Labute approximate surface area is 121 Å². The predicted octanol–water partition coefficient (Wildman–Crippen LogP) is 5.21. The molecule has 0 spiro atoms. The number of halogens is 1. The summed E-state index contributed by atoms with van der Waals surface area (Å²) < 4.78 is 4.30. The fourth-order valence-corrected chi connectivity index (χ4v) is 3.66. The molecule has 0 bridgehead atoms. The highest BCUT2D eigenvalue weighted by atomic mass is 79.9. The van der Waals surface area contributed by atoms with E-state index in [1.807, 2.05) is 0 Å². The van der Waals surface area contributed by atoms with E-state index in [4.69, 9.17) is 12.2 Å². The van der Waals surface area contributed by atoms with Crippen LogP contribution >= 0.6 is 28.1 Å². The first kappa shape index (κ1) is 12.4. The predicted molar refractivity (Wildman–Crippen MR) is 81.5 cm³/mol. The van der Waals surface area contributed by atoms with Crippen molar-refractivity contribution in [3.63, 3.8) is 0 Å². The van der Waals surface area contributed by atoms with Gasteiger partial charge in [0.1, 0.15) is 0 Å². The van der Waals surface area contributed by atoms with E-state index in [-0.39, 0.29) is 0 Å². The summed E-state index contributed by atoms with van der Waals surface area (Å²) in [6.45, 7) is 2.35. The van der Waals surface area contributed by atoms with E-state index in [2.05, 4.69) is 50.6 Å². The van der Waals surface area contributed by atoms with E-state index >= 15 is 0 Å². The van der Waals surface area contributed by atoms with Gasteiger partial charge in [-0.05, 0) is 62.0 Å². The maximum atomic E-state index is 5.50. The number of H-pyrrole nitrogens is 1. The number of hydrogen-bond donors (Lipinski definition) is 1. The van der Waals surface area contributed by atoms with Crippen LogP contribution in [-0.2, 0) is 0 Å². The molecule has 1 saturated carbocycles. The Kier molecular flexibility index (Phi) is 3.32. The zero-order valence-electron chi connectivity index (χ0n) is 10.4. The Morgan fingerprint density at radius 2 is 2.00 bits per heavy atom. The minimum absolute atomic E-state index is 0.566. The van der Waals surface area contributed by atoms with Crippen LogP contribution in [-0.4, -0.2) is 9.55 Å². The van der Waals surface area contributed by atoms with Crippen LogP contribution in [0.25, 0.3) is 11.0 Å². The lowest BCUT2D eigenvalue weighted by atomic mass is 9.87. The summed E-state index contributed by atoms with van der Waals surface area (Å²) in [5.41, 5.74) is 2.37. The summed E-state index contributed by atoms with van der Waals surface area (Å²) >= 11 is 9.05. The lowest BCUT2D eigenvalue weighted by Crippen LogP contribution is -2.16. The van der Waals surface area contributed by atoms with Crippen molar-refractivity contribution in [2.24, 2.45) is 5.92 Å². The largest absolute Gasteiger partial charge is 0.331 e. The Bertz CT molecular complexity index is 620. The fourth-order valence-electron chi connectivity index (χ4n) is 2.96. The number of nitrogens with one attached hydrogen (secondary N) is 1. The van der Waals surface area contributed by atoms with Crippen molar-refractivity contribution in [1.29, 1.82) is 0 Å². The summed E-state index contributed by atoms with van der Waals surface area (Å²) in [5.74, 6) is 0.868. The lowest BCUT2D eigenvalue weighted by molar-refractivity contribution is 0.292. The molecule has 1 heterocycles. The summed E-state index contributed by atoms with van der Waals surface area (Å²) in [5, 5.41) is 0. The standard InChI is InChI=1S/C14H17BrN2S/c1-9-2-5-11(6-3-9)17-13-8-10(15)4-7-12(13)16-14(17)18/h4,7-9,11H,2-3,5-6H2,1H3,(H,16,18). The molecular formula is C14H17BrN2S. The van der Waals surface area contributed by atoms with Gasteiger partial charge in [-0.1, -0.05) is 22.9 Å². The highest BCUT2D eigenvalue weighted by molar-refractivity contribution is 9.10. The molecule has 1 aromatic carbocycles. The van der Waals surface area contributed by atoms with Crippen molar-refractivity contribution in [2.75, 3.05) is 0 Å². The number of hydrogen-bond acceptors (Lipinski definition) is 1. The zero-order chi connectivity index (χ0) is 12.7. The summed E-state index contributed by atoms with van der Waals surface area (Å²) in [6.07, 6.45) is 5.12. The van der Waals surface area contributed by atoms with Crippen molar-refractivity contribution >= 4 is 39.2 Å². The molecule has 0 radical (unpaired) electrons. The molecule has 2 nitrogen and oxygen atoms in total. The van der Waals surface area contributed by atoms with Gasteiger partial charge < -0.3 is 9.55 Å². The molecule has 96 valence electrons. The molecular weight excluding hydrogens is 308 g/mol. The maximum Gasteiger partial charge on any atom is 0.178 e. The van der Waals surface area contributed by atoms with Crippen LogP contribution in [0.15, 0.2) is 22.7 Å². The zero-order valence-corrected chi connectivity index (χ0v) is 12.9. The first-order valence-electron chi connectivity index (χ1n) is 6.55. The van der Waals surface area contributed by atoms with Crippen molar-refractivity contribution in [2.45, 2.75) is 38.6 Å². The van der Waals surface area contributed by atoms with Crippen molar-refractivity contribution < 1.29 is 0 Å². The van der Waals surface area contributed by atoms with Crippen LogP contribution in [0.5, 0.6) is 0 Å². The van der Waals surface area contributed by atoms with E-state index in [9.17, 15) is 0 Å². The first-order chi connectivity index (χ1) is 8.65. The van der Waals surface area contributed by atoms with Crippen LogP contribution < -0.4 is 0 Å². The molecule has 0 saturated heterocycles. The molecule has 0 amide bonds. The van der Waals surface area contributed by atoms with Gasteiger partial charge in [-0.15, -0.1) is 0 Å². The third-order valence-electron chi connectivity index (χ3n) is 4.03. The molecule has 1 aromatic heterocycles.